The lowest BCUT2D eigenvalue weighted by Crippen LogP contribution is -2.30. The second-order valence-corrected chi connectivity index (χ2v) is 5.49. The highest BCUT2D eigenvalue weighted by Gasteiger charge is 2.19. The van der Waals surface area contributed by atoms with E-state index in [2.05, 4.69) is 30.6 Å². The maximum absolute atomic E-state index is 12.3. The van der Waals surface area contributed by atoms with Crippen molar-refractivity contribution in [3.05, 3.63) is 41.5 Å². The summed E-state index contributed by atoms with van der Waals surface area (Å²) in [5.74, 6) is 1.50. The third-order valence-electron chi connectivity index (χ3n) is 3.78. The van der Waals surface area contributed by atoms with Crippen LogP contribution in [0.3, 0.4) is 0 Å². The van der Waals surface area contributed by atoms with Gasteiger partial charge in [0.1, 0.15) is 17.3 Å². The zero-order valence-corrected chi connectivity index (χ0v) is 12.6. The largest absolute Gasteiger partial charge is 0.347 e. The van der Waals surface area contributed by atoms with Crippen LogP contribution < -0.4 is 10.6 Å². The van der Waals surface area contributed by atoms with Crippen molar-refractivity contribution in [3.8, 4) is 0 Å². The Kier molecular flexibility index (Phi) is 4.43. The fraction of sp³-hybridized carbons (Fsp3) is 0.467. The molecule has 0 bridgehead atoms. The Bertz CT molecular complexity index is 633. The summed E-state index contributed by atoms with van der Waals surface area (Å²) in [7, 11) is 0. The monoisotopic (exact) mass is 300 g/mol. The van der Waals surface area contributed by atoms with Crippen molar-refractivity contribution in [3.63, 3.8) is 0 Å². The molecule has 0 unspecified atom stereocenters. The van der Waals surface area contributed by atoms with Crippen LogP contribution in [0.4, 0.5) is 0 Å². The van der Waals surface area contributed by atoms with Crippen LogP contribution in [-0.4, -0.2) is 38.9 Å². The van der Waals surface area contributed by atoms with Gasteiger partial charge in [-0.25, -0.2) is 15.0 Å². The first kappa shape index (κ1) is 14.6. The lowest BCUT2D eigenvalue weighted by atomic mass is 9.95. The Morgan fingerprint density at radius 3 is 3.09 bits per heavy atom. The van der Waals surface area contributed by atoms with Crippen LogP contribution in [0.2, 0.25) is 0 Å². The van der Waals surface area contributed by atoms with Gasteiger partial charge in [-0.2, -0.15) is 0 Å². The number of H-pyrrole nitrogens is 1. The van der Waals surface area contributed by atoms with Crippen LogP contribution in [0.25, 0.3) is 0 Å². The lowest BCUT2D eigenvalue weighted by molar-refractivity contribution is 0.0944. The summed E-state index contributed by atoms with van der Waals surface area (Å²) in [6.45, 7) is 4.14. The first-order valence-corrected chi connectivity index (χ1v) is 7.55. The molecule has 3 rings (SSSR count). The van der Waals surface area contributed by atoms with E-state index in [-0.39, 0.29) is 5.91 Å². The standard InChI is InChI=1S/C15H20N6O/c1-10-20-12(11-3-2-4-16-8-11)7-13(21-10)15(22)19-9-14-17-5-6-18-14/h5-7,11,16H,2-4,8-9H2,1H3,(H,17,18)(H,19,22)/t11-/m1/s1. The average Bonchev–Trinajstić information content (AvgIpc) is 3.06. The summed E-state index contributed by atoms with van der Waals surface area (Å²) in [6, 6.07) is 1.81. The number of aryl methyl sites for hydroxylation is 1. The molecule has 0 spiro atoms. The molecule has 22 heavy (non-hydrogen) atoms. The third kappa shape index (κ3) is 3.48. The van der Waals surface area contributed by atoms with Crippen molar-refractivity contribution < 1.29 is 4.79 Å². The summed E-state index contributed by atoms with van der Waals surface area (Å²) < 4.78 is 0. The van der Waals surface area contributed by atoms with E-state index in [4.69, 9.17) is 0 Å². The number of aromatic amines is 1. The highest BCUT2D eigenvalue weighted by atomic mass is 16.1. The second-order valence-electron chi connectivity index (χ2n) is 5.49. The van der Waals surface area contributed by atoms with Crippen molar-refractivity contribution in [2.24, 2.45) is 0 Å². The highest BCUT2D eigenvalue weighted by molar-refractivity contribution is 5.92. The van der Waals surface area contributed by atoms with E-state index in [1.807, 2.05) is 13.0 Å². The Hall–Kier alpha value is -2.28. The number of nitrogens with one attached hydrogen (secondary N) is 3. The van der Waals surface area contributed by atoms with Crippen molar-refractivity contribution >= 4 is 5.91 Å². The van der Waals surface area contributed by atoms with E-state index < -0.39 is 0 Å². The lowest BCUT2D eigenvalue weighted by Gasteiger charge is -2.22. The molecule has 1 amide bonds. The summed E-state index contributed by atoms with van der Waals surface area (Å²) >= 11 is 0. The molecule has 0 radical (unpaired) electrons. The van der Waals surface area contributed by atoms with Gasteiger partial charge in [0.05, 0.1) is 6.54 Å². The van der Waals surface area contributed by atoms with E-state index in [1.54, 1.807) is 12.4 Å². The minimum atomic E-state index is -0.202. The average molecular weight is 300 g/mol. The molecule has 7 heteroatoms. The number of aromatic nitrogens is 4. The third-order valence-corrected chi connectivity index (χ3v) is 3.78. The Balaban J connectivity index is 1.72. The van der Waals surface area contributed by atoms with Crippen LogP contribution in [0.1, 0.15) is 46.6 Å². The van der Waals surface area contributed by atoms with Crippen molar-refractivity contribution in [2.75, 3.05) is 13.1 Å². The molecule has 2 aromatic rings. The molecular weight excluding hydrogens is 280 g/mol. The van der Waals surface area contributed by atoms with Gasteiger partial charge in [0.25, 0.3) is 5.91 Å². The smallest absolute Gasteiger partial charge is 0.270 e. The van der Waals surface area contributed by atoms with Gasteiger partial charge in [-0.3, -0.25) is 4.79 Å². The zero-order valence-electron chi connectivity index (χ0n) is 12.6. The van der Waals surface area contributed by atoms with Crippen molar-refractivity contribution in [1.82, 2.24) is 30.6 Å². The molecule has 1 saturated heterocycles. The molecule has 116 valence electrons. The number of hydrogen-bond acceptors (Lipinski definition) is 5. The number of imidazole rings is 1. The highest BCUT2D eigenvalue weighted by Crippen LogP contribution is 2.22. The van der Waals surface area contributed by atoms with E-state index in [9.17, 15) is 4.79 Å². The summed E-state index contributed by atoms with van der Waals surface area (Å²) in [5.41, 5.74) is 1.36. The zero-order chi connectivity index (χ0) is 15.4. The SMILES string of the molecule is Cc1nc(C(=O)NCc2ncc[nH]2)cc([C@@H]2CCCNC2)n1. The van der Waals surface area contributed by atoms with Crippen LogP contribution in [-0.2, 0) is 6.54 Å². The van der Waals surface area contributed by atoms with E-state index >= 15 is 0 Å². The summed E-state index contributed by atoms with van der Waals surface area (Å²) in [6.07, 6.45) is 5.61. The molecule has 2 aromatic heterocycles. The number of hydrogen-bond donors (Lipinski definition) is 3. The number of carbonyl (C=O) groups is 1. The van der Waals surface area contributed by atoms with Crippen LogP contribution in [0, 0.1) is 6.92 Å². The summed E-state index contributed by atoms with van der Waals surface area (Å²) in [5, 5.41) is 6.19. The normalized spacial score (nSPS) is 18.1. The van der Waals surface area contributed by atoms with Gasteiger partial charge >= 0.3 is 0 Å². The molecule has 1 fully saturated rings. The number of piperidine rings is 1. The van der Waals surface area contributed by atoms with E-state index in [0.717, 1.165) is 37.4 Å². The predicted octanol–water partition coefficient (Wildman–Crippen LogP) is 0.905. The van der Waals surface area contributed by atoms with Crippen molar-refractivity contribution in [2.45, 2.75) is 32.2 Å². The first-order chi connectivity index (χ1) is 10.7. The molecule has 3 heterocycles. The van der Waals surface area contributed by atoms with E-state index in [1.165, 1.54) is 0 Å². The molecule has 3 N–H and O–H groups in total. The van der Waals surface area contributed by atoms with Gasteiger partial charge in [0, 0.05) is 30.6 Å². The number of amides is 1. The molecule has 1 aliphatic rings. The van der Waals surface area contributed by atoms with Gasteiger partial charge < -0.3 is 15.6 Å². The summed E-state index contributed by atoms with van der Waals surface area (Å²) in [4.78, 5) is 28.1. The van der Waals surface area contributed by atoms with Gasteiger partial charge in [-0.1, -0.05) is 0 Å². The molecular formula is C15H20N6O. The minimum absolute atomic E-state index is 0.202. The Labute approximate surface area is 129 Å². The van der Waals surface area contributed by atoms with Gasteiger partial charge in [-0.15, -0.1) is 0 Å². The van der Waals surface area contributed by atoms with Gasteiger partial charge in [0.15, 0.2) is 0 Å². The maximum Gasteiger partial charge on any atom is 0.270 e. The molecule has 7 nitrogen and oxygen atoms in total. The van der Waals surface area contributed by atoms with Crippen LogP contribution in [0.15, 0.2) is 18.5 Å². The second kappa shape index (κ2) is 6.65. The minimum Gasteiger partial charge on any atom is -0.347 e. The first-order valence-electron chi connectivity index (χ1n) is 7.55. The Morgan fingerprint density at radius 1 is 1.45 bits per heavy atom. The topological polar surface area (TPSA) is 95.6 Å². The number of rotatable bonds is 4. The molecule has 0 saturated carbocycles. The molecule has 0 aromatic carbocycles. The molecule has 1 atom stereocenters. The fourth-order valence-corrected chi connectivity index (χ4v) is 2.67. The van der Waals surface area contributed by atoms with Gasteiger partial charge in [-0.05, 0) is 32.4 Å². The van der Waals surface area contributed by atoms with E-state index in [0.29, 0.717) is 24.0 Å². The Morgan fingerprint density at radius 2 is 2.36 bits per heavy atom. The maximum atomic E-state index is 12.3. The van der Waals surface area contributed by atoms with Gasteiger partial charge in [0.2, 0.25) is 0 Å². The number of nitrogens with zero attached hydrogens (tertiary/aromatic N) is 3. The van der Waals surface area contributed by atoms with Crippen molar-refractivity contribution in [1.29, 1.82) is 0 Å². The predicted molar refractivity (Wildman–Crippen MR) is 81.4 cm³/mol. The molecule has 0 aliphatic carbocycles. The van der Waals surface area contributed by atoms with Crippen LogP contribution in [0.5, 0.6) is 0 Å². The fourth-order valence-electron chi connectivity index (χ4n) is 2.67. The quantitative estimate of drug-likeness (QED) is 0.780. The van der Waals surface area contributed by atoms with Crippen LogP contribution >= 0.6 is 0 Å². The number of carbonyl (C=O) groups excluding carboxylic acids is 1. The molecule has 1 aliphatic heterocycles.